The highest BCUT2D eigenvalue weighted by Gasteiger charge is 2.18. The molecule has 3 nitrogen and oxygen atoms in total. The Balaban J connectivity index is 1.98. The van der Waals surface area contributed by atoms with Crippen LogP contribution in [-0.4, -0.2) is 23.8 Å². The number of hydrogen-bond acceptors (Lipinski definition) is 3. The number of aryl methyl sites for hydroxylation is 1. The van der Waals surface area contributed by atoms with Crippen molar-refractivity contribution in [2.75, 3.05) is 6.61 Å². The predicted octanol–water partition coefficient (Wildman–Crippen LogP) is 0.854. The fraction of sp³-hybridized carbons (Fsp3) is 0.500. The lowest BCUT2D eigenvalue weighted by molar-refractivity contribution is 0.180. The maximum absolute atomic E-state index is 9.02. The summed E-state index contributed by atoms with van der Waals surface area (Å²) in [7, 11) is -1.40. The Hall–Kier alpha value is -0.995. The highest BCUT2D eigenvalue weighted by molar-refractivity contribution is 6.58. The van der Waals surface area contributed by atoms with E-state index >= 15 is 0 Å². The molecule has 1 saturated carbocycles. The molecule has 1 aliphatic carbocycles. The topological polar surface area (TPSA) is 49.7 Å². The van der Waals surface area contributed by atoms with Gasteiger partial charge < -0.3 is 14.8 Å². The molecule has 2 rings (SSSR count). The van der Waals surface area contributed by atoms with Gasteiger partial charge >= 0.3 is 7.12 Å². The van der Waals surface area contributed by atoms with Crippen molar-refractivity contribution in [2.24, 2.45) is 5.92 Å². The first kappa shape index (κ1) is 11.5. The normalized spacial score (nSPS) is 15.7. The zero-order valence-corrected chi connectivity index (χ0v) is 9.52. The van der Waals surface area contributed by atoms with Crippen LogP contribution in [0.1, 0.15) is 24.8 Å². The summed E-state index contributed by atoms with van der Waals surface area (Å²) in [5.41, 5.74) is 1.46. The second kappa shape index (κ2) is 4.89. The molecule has 1 aliphatic rings. The lowest BCUT2D eigenvalue weighted by atomic mass is 9.79. The molecule has 0 spiro atoms. The average Bonchev–Trinajstić information content (AvgIpc) is 2.17. The second-order valence-corrected chi connectivity index (χ2v) is 4.51. The molecule has 16 heavy (non-hydrogen) atoms. The highest BCUT2D eigenvalue weighted by atomic mass is 16.5. The smallest absolute Gasteiger partial charge is 0.488 e. The highest BCUT2D eigenvalue weighted by Crippen LogP contribution is 2.27. The molecule has 0 amide bonds. The Morgan fingerprint density at radius 3 is 2.62 bits per heavy atom. The van der Waals surface area contributed by atoms with Crippen LogP contribution in [0, 0.1) is 12.8 Å². The first-order chi connectivity index (χ1) is 7.66. The van der Waals surface area contributed by atoms with Gasteiger partial charge in [0.2, 0.25) is 0 Å². The lowest BCUT2D eigenvalue weighted by Gasteiger charge is -2.25. The van der Waals surface area contributed by atoms with Crippen molar-refractivity contribution in [3.05, 3.63) is 23.8 Å². The summed E-state index contributed by atoms with van der Waals surface area (Å²) in [6.07, 6.45) is 3.86. The molecule has 0 radical (unpaired) electrons. The molecule has 0 aromatic heterocycles. The van der Waals surface area contributed by atoms with E-state index in [0.29, 0.717) is 11.4 Å². The molecule has 0 atom stereocenters. The maximum atomic E-state index is 9.02. The molecule has 86 valence electrons. The summed E-state index contributed by atoms with van der Waals surface area (Å²) in [4.78, 5) is 0. The van der Waals surface area contributed by atoms with Gasteiger partial charge in [-0.25, -0.2) is 0 Å². The maximum Gasteiger partial charge on any atom is 0.488 e. The van der Waals surface area contributed by atoms with E-state index < -0.39 is 7.12 Å². The van der Waals surface area contributed by atoms with Crippen LogP contribution in [0.25, 0.3) is 0 Å². The zero-order valence-electron chi connectivity index (χ0n) is 9.52. The summed E-state index contributed by atoms with van der Waals surface area (Å²) in [5.74, 6) is 1.55. The fourth-order valence-corrected chi connectivity index (χ4v) is 1.86. The molecule has 1 aromatic carbocycles. The average molecular weight is 220 g/mol. The number of hydrogen-bond donors (Lipinski definition) is 2. The van der Waals surface area contributed by atoms with Gasteiger partial charge in [0.05, 0.1) is 6.61 Å². The van der Waals surface area contributed by atoms with Gasteiger partial charge in [-0.3, -0.25) is 0 Å². The third-order valence-electron chi connectivity index (χ3n) is 3.20. The molecule has 1 fully saturated rings. The molecule has 0 unspecified atom stereocenters. The van der Waals surface area contributed by atoms with Crippen molar-refractivity contribution in [3.8, 4) is 5.75 Å². The quantitative estimate of drug-likeness (QED) is 0.739. The summed E-state index contributed by atoms with van der Waals surface area (Å²) in [5, 5.41) is 18.0. The van der Waals surface area contributed by atoms with Crippen molar-refractivity contribution >= 4 is 12.6 Å². The Bertz CT molecular complexity index is 361. The van der Waals surface area contributed by atoms with E-state index in [1.54, 1.807) is 12.1 Å². The Kier molecular flexibility index (Phi) is 3.51. The van der Waals surface area contributed by atoms with E-state index in [4.69, 9.17) is 14.8 Å². The van der Waals surface area contributed by atoms with E-state index in [1.807, 2.05) is 13.0 Å². The van der Waals surface area contributed by atoms with Crippen LogP contribution in [0.15, 0.2) is 18.2 Å². The number of benzene rings is 1. The molecular weight excluding hydrogens is 203 g/mol. The van der Waals surface area contributed by atoms with Crippen molar-refractivity contribution < 1.29 is 14.8 Å². The molecule has 1 aromatic rings. The zero-order chi connectivity index (χ0) is 11.5. The summed E-state index contributed by atoms with van der Waals surface area (Å²) in [6, 6.07) is 5.25. The largest absolute Gasteiger partial charge is 0.493 e. The Morgan fingerprint density at radius 2 is 2.12 bits per heavy atom. The van der Waals surface area contributed by atoms with Crippen LogP contribution in [0.2, 0.25) is 0 Å². The van der Waals surface area contributed by atoms with E-state index in [-0.39, 0.29) is 0 Å². The minimum atomic E-state index is -1.40. The van der Waals surface area contributed by atoms with Crippen LogP contribution in [0.4, 0.5) is 0 Å². The van der Waals surface area contributed by atoms with Crippen LogP contribution >= 0.6 is 0 Å². The molecule has 0 aliphatic heterocycles. The molecule has 4 heteroatoms. The predicted molar refractivity (Wildman–Crippen MR) is 63.8 cm³/mol. The van der Waals surface area contributed by atoms with Crippen LogP contribution in [0.5, 0.6) is 5.75 Å². The first-order valence-electron chi connectivity index (χ1n) is 5.76. The lowest BCUT2D eigenvalue weighted by Crippen LogP contribution is -2.30. The number of rotatable bonds is 4. The molecule has 0 bridgehead atoms. The van der Waals surface area contributed by atoms with Gasteiger partial charge in [-0.2, -0.15) is 0 Å². The summed E-state index contributed by atoms with van der Waals surface area (Å²) < 4.78 is 5.71. The van der Waals surface area contributed by atoms with Crippen LogP contribution in [0.3, 0.4) is 0 Å². The Morgan fingerprint density at radius 1 is 1.38 bits per heavy atom. The van der Waals surface area contributed by atoms with Gasteiger partial charge in [0, 0.05) is 0 Å². The van der Waals surface area contributed by atoms with E-state index in [9.17, 15) is 0 Å². The molecule has 0 saturated heterocycles. The van der Waals surface area contributed by atoms with E-state index in [1.165, 1.54) is 19.3 Å². The van der Waals surface area contributed by atoms with Crippen molar-refractivity contribution in [2.45, 2.75) is 26.2 Å². The molecule has 0 heterocycles. The van der Waals surface area contributed by atoms with E-state index in [0.717, 1.165) is 17.9 Å². The van der Waals surface area contributed by atoms with Crippen molar-refractivity contribution in [1.82, 2.24) is 0 Å². The monoisotopic (exact) mass is 220 g/mol. The van der Waals surface area contributed by atoms with Gasteiger partial charge in [0.25, 0.3) is 0 Å². The van der Waals surface area contributed by atoms with Crippen molar-refractivity contribution in [3.63, 3.8) is 0 Å². The minimum absolute atomic E-state index is 0.508. The number of ether oxygens (including phenoxy) is 1. The van der Waals surface area contributed by atoms with Gasteiger partial charge in [-0.15, -0.1) is 0 Å². The molecular formula is C12H17BO3. The Labute approximate surface area is 96.2 Å². The molecule has 2 N–H and O–H groups in total. The van der Waals surface area contributed by atoms with Gasteiger partial charge in [0.15, 0.2) is 0 Å². The van der Waals surface area contributed by atoms with Crippen LogP contribution < -0.4 is 10.2 Å². The SMILES string of the molecule is Cc1cc(B(O)O)ccc1OCC1CCC1. The standard InChI is InChI=1S/C12H17BO3/c1-9-7-11(13(14)15)5-6-12(9)16-8-10-3-2-4-10/h5-7,10,14-15H,2-4,8H2,1H3. The summed E-state index contributed by atoms with van der Waals surface area (Å²) >= 11 is 0. The van der Waals surface area contributed by atoms with E-state index in [2.05, 4.69) is 0 Å². The fourth-order valence-electron chi connectivity index (χ4n) is 1.86. The van der Waals surface area contributed by atoms with Gasteiger partial charge in [-0.05, 0) is 42.8 Å². The summed E-state index contributed by atoms with van der Waals surface area (Å²) in [6.45, 7) is 2.70. The van der Waals surface area contributed by atoms with Gasteiger partial charge in [-0.1, -0.05) is 18.6 Å². The second-order valence-electron chi connectivity index (χ2n) is 4.51. The van der Waals surface area contributed by atoms with Gasteiger partial charge in [0.1, 0.15) is 5.75 Å². The third kappa shape index (κ3) is 2.57. The third-order valence-corrected chi connectivity index (χ3v) is 3.20. The van der Waals surface area contributed by atoms with Crippen LogP contribution in [-0.2, 0) is 0 Å². The van der Waals surface area contributed by atoms with Crippen molar-refractivity contribution in [1.29, 1.82) is 0 Å². The first-order valence-corrected chi connectivity index (χ1v) is 5.76. The minimum Gasteiger partial charge on any atom is -0.493 e.